The van der Waals surface area contributed by atoms with E-state index < -0.39 is 10.0 Å². The Morgan fingerprint density at radius 3 is 2.55 bits per heavy atom. The van der Waals surface area contributed by atoms with Crippen molar-refractivity contribution in [1.29, 1.82) is 0 Å². The summed E-state index contributed by atoms with van der Waals surface area (Å²) in [5.74, 6) is 1.41. The number of rotatable bonds is 10. The van der Waals surface area contributed by atoms with Crippen molar-refractivity contribution in [3.63, 3.8) is 0 Å². The Balaban J connectivity index is 1.15. The molecule has 0 atom stereocenters. The van der Waals surface area contributed by atoms with Crippen LogP contribution in [0.15, 0.2) is 79.1 Å². The van der Waals surface area contributed by atoms with E-state index in [0.29, 0.717) is 30.1 Å². The SMILES string of the molecule is Cc1cccc(CS(=O)(=O)n2cc(-c3cccc4nc(Cc5ccc(OCCN6CCCC6)cc5)nn34)cn2)c1. The highest BCUT2D eigenvalue weighted by Crippen LogP contribution is 2.22. The number of nitrogens with zero attached hydrogens (tertiary/aromatic N) is 6. The molecule has 5 aromatic rings. The third kappa shape index (κ3) is 5.93. The van der Waals surface area contributed by atoms with Gasteiger partial charge in [-0.1, -0.05) is 48.0 Å². The van der Waals surface area contributed by atoms with Crippen LogP contribution in [0.5, 0.6) is 5.75 Å². The van der Waals surface area contributed by atoms with Crippen molar-refractivity contribution in [1.82, 2.24) is 28.7 Å². The predicted octanol–water partition coefficient (Wildman–Crippen LogP) is 4.34. The van der Waals surface area contributed by atoms with E-state index in [9.17, 15) is 8.42 Å². The summed E-state index contributed by atoms with van der Waals surface area (Å²) in [7, 11) is -3.67. The summed E-state index contributed by atoms with van der Waals surface area (Å²) in [6.07, 6.45) is 6.22. The molecule has 0 spiro atoms. The summed E-state index contributed by atoms with van der Waals surface area (Å²) in [6.45, 7) is 5.94. The van der Waals surface area contributed by atoms with Crippen LogP contribution in [-0.2, 0) is 22.2 Å². The van der Waals surface area contributed by atoms with Crippen molar-refractivity contribution in [2.75, 3.05) is 26.2 Å². The summed E-state index contributed by atoms with van der Waals surface area (Å²) >= 11 is 0. The van der Waals surface area contributed by atoms with E-state index >= 15 is 0 Å². The lowest BCUT2D eigenvalue weighted by Gasteiger charge is -2.14. The highest BCUT2D eigenvalue weighted by molar-refractivity contribution is 7.89. The molecular weight excluding hydrogens is 524 g/mol. The molecule has 0 unspecified atom stereocenters. The quantitative estimate of drug-likeness (QED) is 0.253. The zero-order valence-electron chi connectivity index (χ0n) is 22.5. The van der Waals surface area contributed by atoms with Crippen LogP contribution in [0.2, 0.25) is 0 Å². The average Bonchev–Trinajstić information content (AvgIpc) is 3.70. The minimum atomic E-state index is -3.67. The summed E-state index contributed by atoms with van der Waals surface area (Å²) in [4.78, 5) is 7.14. The van der Waals surface area contributed by atoms with Crippen LogP contribution in [0.3, 0.4) is 0 Å². The van der Waals surface area contributed by atoms with Crippen LogP contribution in [0, 0.1) is 6.92 Å². The van der Waals surface area contributed by atoms with Crippen LogP contribution in [0.4, 0.5) is 0 Å². The molecule has 0 radical (unpaired) electrons. The van der Waals surface area contributed by atoms with E-state index in [4.69, 9.17) is 14.8 Å². The molecule has 6 rings (SSSR count). The van der Waals surface area contributed by atoms with Gasteiger partial charge in [-0.3, -0.25) is 4.90 Å². The third-order valence-electron chi connectivity index (χ3n) is 7.14. The van der Waals surface area contributed by atoms with E-state index in [1.165, 1.54) is 32.1 Å². The van der Waals surface area contributed by atoms with Crippen molar-refractivity contribution in [2.45, 2.75) is 31.9 Å². The molecule has 1 aliphatic rings. The van der Waals surface area contributed by atoms with Gasteiger partial charge in [-0.15, -0.1) is 0 Å². The van der Waals surface area contributed by atoms with Gasteiger partial charge in [0.25, 0.3) is 10.0 Å². The molecule has 206 valence electrons. The Morgan fingerprint density at radius 2 is 1.75 bits per heavy atom. The van der Waals surface area contributed by atoms with Crippen molar-refractivity contribution in [2.24, 2.45) is 0 Å². The number of ether oxygens (including phenoxy) is 1. The van der Waals surface area contributed by atoms with E-state index in [0.717, 1.165) is 38.8 Å². The second-order valence-electron chi connectivity index (χ2n) is 10.3. The fraction of sp³-hybridized carbons (Fsp3) is 0.300. The summed E-state index contributed by atoms with van der Waals surface area (Å²) < 4.78 is 34.7. The predicted molar refractivity (Wildman–Crippen MR) is 154 cm³/mol. The van der Waals surface area contributed by atoms with Crippen LogP contribution in [-0.4, -0.2) is 63.3 Å². The number of aryl methyl sites for hydroxylation is 1. The number of benzene rings is 2. The molecule has 9 nitrogen and oxygen atoms in total. The normalized spacial score (nSPS) is 14.2. The molecule has 1 aliphatic heterocycles. The first-order chi connectivity index (χ1) is 19.4. The van der Waals surface area contributed by atoms with Gasteiger partial charge in [0, 0.05) is 18.5 Å². The Kier molecular flexibility index (Phi) is 7.36. The van der Waals surface area contributed by atoms with Gasteiger partial charge >= 0.3 is 0 Å². The van der Waals surface area contributed by atoms with Gasteiger partial charge in [-0.05, 0) is 68.2 Å². The first-order valence-corrected chi connectivity index (χ1v) is 15.2. The molecular formula is C30H32N6O3S. The van der Waals surface area contributed by atoms with E-state index in [2.05, 4.69) is 10.00 Å². The topological polar surface area (TPSA) is 94.6 Å². The summed E-state index contributed by atoms with van der Waals surface area (Å²) in [5, 5.41) is 8.90. The molecule has 0 bridgehead atoms. The largest absolute Gasteiger partial charge is 0.492 e. The molecule has 3 aromatic heterocycles. The smallest absolute Gasteiger partial charge is 0.257 e. The molecule has 0 amide bonds. The first kappa shape index (κ1) is 26.2. The van der Waals surface area contributed by atoms with Crippen molar-refractivity contribution < 1.29 is 13.2 Å². The Morgan fingerprint density at radius 1 is 0.950 bits per heavy atom. The first-order valence-electron chi connectivity index (χ1n) is 13.6. The van der Waals surface area contributed by atoms with E-state index in [-0.39, 0.29) is 5.75 Å². The van der Waals surface area contributed by atoms with Gasteiger partial charge in [0.05, 0.1) is 23.8 Å². The summed E-state index contributed by atoms with van der Waals surface area (Å²) in [6, 6.07) is 21.2. The highest BCUT2D eigenvalue weighted by Gasteiger charge is 2.18. The van der Waals surface area contributed by atoms with Crippen molar-refractivity contribution in [3.05, 3.63) is 102 Å². The van der Waals surface area contributed by atoms with Crippen LogP contribution in [0.1, 0.15) is 35.4 Å². The molecule has 0 saturated carbocycles. The van der Waals surface area contributed by atoms with Crippen molar-refractivity contribution >= 4 is 15.7 Å². The maximum absolute atomic E-state index is 13.0. The lowest BCUT2D eigenvalue weighted by molar-refractivity contribution is 0.238. The number of fused-ring (bicyclic) bond motifs is 1. The standard InChI is InChI=1S/C30H32N6O3S/c1-23-6-4-7-25(18-23)22-40(37,38)35-21-26(20-31-35)28-8-5-9-30-32-29(33-36(28)30)19-24-10-12-27(13-11-24)39-17-16-34-14-2-3-15-34/h4-13,18,20-21H,2-3,14-17,19,22H2,1H3. The molecule has 1 fully saturated rings. The number of hydrogen-bond acceptors (Lipinski definition) is 7. The second-order valence-corrected chi connectivity index (χ2v) is 12.1. The zero-order valence-corrected chi connectivity index (χ0v) is 23.3. The Hall–Kier alpha value is -4.02. The average molecular weight is 557 g/mol. The Labute approximate surface area is 234 Å². The molecule has 0 aliphatic carbocycles. The van der Waals surface area contributed by atoms with Gasteiger partial charge in [-0.2, -0.15) is 14.3 Å². The van der Waals surface area contributed by atoms with Crippen LogP contribution >= 0.6 is 0 Å². The molecule has 0 N–H and O–H groups in total. The molecule has 4 heterocycles. The van der Waals surface area contributed by atoms with Gasteiger partial charge < -0.3 is 4.74 Å². The van der Waals surface area contributed by atoms with Gasteiger partial charge in [0.1, 0.15) is 12.4 Å². The fourth-order valence-corrected chi connectivity index (χ4v) is 6.29. The highest BCUT2D eigenvalue weighted by atomic mass is 32.2. The lowest BCUT2D eigenvalue weighted by atomic mass is 10.1. The van der Waals surface area contributed by atoms with Crippen LogP contribution in [0.25, 0.3) is 16.9 Å². The number of aromatic nitrogens is 5. The molecule has 10 heteroatoms. The maximum Gasteiger partial charge on any atom is 0.257 e. The lowest BCUT2D eigenvalue weighted by Crippen LogP contribution is -2.25. The molecule has 1 saturated heterocycles. The minimum Gasteiger partial charge on any atom is -0.492 e. The number of likely N-dealkylation sites (tertiary alicyclic amines) is 1. The fourth-order valence-electron chi connectivity index (χ4n) is 5.10. The van der Waals surface area contributed by atoms with E-state index in [1.54, 1.807) is 10.7 Å². The Bertz CT molecular complexity index is 1720. The van der Waals surface area contributed by atoms with Gasteiger partial charge in [-0.25, -0.2) is 17.9 Å². The van der Waals surface area contributed by atoms with Gasteiger partial charge in [0.2, 0.25) is 0 Å². The second kappa shape index (κ2) is 11.2. The van der Waals surface area contributed by atoms with Crippen LogP contribution < -0.4 is 4.74 Å². The number of pyridine rings is 1. The number of hydrogen-bond donors (Lipinski definition) is 0. The zero-order chi connectivity index (χ0) is 27.5. The molecule has 2 aromatic carbocycles. The minimum absolute atomic E-state index is 0.129. The van der Waals surface area contributed by atoms with E-state index in [1.807, 2.05) is 73.7 Å². The molecule has 40 heavy (non-hydrogen) atoms. The maximum atomic E-state index is 13.0. The monoisotopic (exact) mass is 556 g/mol. The third-order valence-corrected chi connectivity index (χ3v) is 8.60. The summed E-state index contributed by atoms with van der Waals surface area (Å²) in [5.41, 5.74) is 4.87. The van der Waals surface area contributed by atoms with Gasteiger partial charge in [0.15, 0.2) is 11.5 Å². The van der Waals surface area contributed by atoms with Crippen molar-refractivity contribution in [3.8, 4) is 17.0 Å².